The van der Waals surface area contributed by atoms with Crippen LogP contribution in [0, 0.1) is 5.92 Å². The number of rotatable bonds is 6. The monoisotopic (exact) mass is 343 g/mol. The highest BCUT2D eigenvalue weighted by Gasteiger charge is 2.31. The summed E-state index contributed by atoms with van der Waals surface area (Å²) < 4.78 is 0. The number of nitrogens with zero attached hydrogens (tertiary/aromatic N) is 2. The number of carbonyl (C=O) groups excluding carboxylic acids is 1. The van der Waals surface area contributed by atoms with Crippen LogP contribution in [0.2, 0.25) is 0 Å². The Morgan fingerprint density at radius 3 is 3.04 bits per heavy atom. The van der Waals surface area contributed by atoms with Gasteiger partial charge in [-0.1, -0.05) is 12.1 Å². The van der Waals surface area contributed by atoms with Crippen molar-refractivity contribution in [3.05, 3.63) is 52.5 Å². The van der Waals surface area contributed by atoms with Gasteiger partial charge in [-0.2, -0.15) is 0 Å². The normalized spacial score (nSPS) is 21.5. The minimum Gasteiger partial charge on any atom is -0.356 e. The number of piperidine rings is 1. The van der Waals surface area contributed by atoms with E-state index in [0.717, 1.165) is 18.8 Å². The zero-order chi connectivity index (χ0) is 16.8. The summed E-state index contributed by atoms with van der Waals surface area (Å²) in [6, 6.07) is 10.6. The van der Waals surface area contributed by atoms with Crippen LogP contribution >= 0.6 is 11.3 Å². The summed E-state index contributed by atoms with van der Waals surface area (Å²) in [6.45, 7) is 1.89. The van der Waals surface area contributed by atoms with Crippen LogP contribution in [0.4, 0.5) is 0 Å². The SMILES string of the molecule is CN1CCCC(CNC(=O)CCc2ccccn2)C1c1cccs1. The van der Waals surface area contributed by atoms with Crippen LogP contribution in [0.25, 0.3) is 0 Å². The van der Waals surface area contributed by atoms with Crippen molar-refractivity contribution in [1.82, 2.24) is 15.2 Å². The molecule has 0 bridgehead atoms. The van der Waals surface area contributed by atoms with Gasteiger partial charge in [-0.15, -0.1) is 11.3 Å². The maximum absolute atomic E-state index is 12.2. The summed E-state index contributed by atoms with van der Waals surface area (Å²) in [5, 5.41) is 5.29. The van der Waals surface area contributed by atoms with Gasteiger partial charge in [0.15, 0.2) is 0 Å². The fourth-order valence-corrected chi connectivity index (χ4v) is 4.49. The summed E-state index contributed by atoms with van der Waals surface area (Å²) in [5.41, 5.74) is 0.974. The third kappa shape index (κ3) is 4.42. The Kier molecular flexibility index (Phi) is 5.99. The highest BCUT2D eigenvalue weighted by Crippen LogP contribution is 2.36. The van der Waals surface area contributed by atoms with Crippen molar-refractivity contribution in [3.8, 4) is 0 Å². The topological polar surface area (TPSA) is 45.2 Å². The molecule has 1 aliphatic rings. The van der Waals surface area contributed by atoms with Crippen molar-refractivity contribution in [2.75, 3.05) is 20.1 Å². The molecule has 5 heteroatoms. The number of aryl methyl sites for hydroxylation is 1. The lowest BCUT2D eigenvalue weighted by atomic mass is 9.88. The molecule has 0 spiro atoms. The predicted molar refractivity (Wildman–Crippen MR) is 98.0 cm³/mol. The Morgan fingerprint density at radius 2 is 2.29 bits per heavy atom. The molecule has 1 N–H and O–H groups in total. The number of aromatic nitrogens is 1. The molecule has 128 valence electrons. The van der Waals surface area contributed by atoms with E-state index in [2.05, 4.69) is 39.8 Å². The molecule has 1 amide bonds. The largest absolute Gasteiger partial charge is 0.356 e. The van der Waals surface area contributed by atoms with Crippen LogP contribution in [0.1, 0.15) is 35.9 Å². The van der Waals surface area contributed by atoms with E-state index in [0.29, 0.717) is 24.8 Å². The second-order valence-corrected chi connectivity index (χ2v) is 7.45. The van der Waals surface area contributed by atoms with Crippen LogP contribution < -0.4 is 5.32 Å². The predicted octanol–water partition coefficient (Wildman–Crippen LogP) is 3.28. The van der Waals surface area contributed by atoms with Crippen molar-refractivity contribution in [2.45, 2.75) is 31.7 Å². The first-order valence-electron chi connectivity index (χ1n) is 8.64. The number of likely N-dealkylation sites (tertiary alicyclic amines) is 1. The maximum Gasteiger partial charge on any atom is 0.220 e. The molecule has 24 heavy (non-hydrogen) atoms. The van der Waals surface area contributed by atoms with Crippen LogP contribution in [-0.4, -0.2) is 35.9 Å². The van der Waals surface area contributed by atoms with Crippen molar-refractivity contribution < 1.29 is 4.79 Å². The van der Waals surface area contributed by atoms with Gasteiger partial charge in [0.05, 0.1) is 0 Å². The molecule has 4 nitrogen and oxygen atoms in total. The van der Waals surface area contributed by atoms with Gasteiger partial charge < -0.3 is 5.32 Å². The molecule has 2 unspecified atom stereocenters. The molecule has 1 aliphatic heterocycles. The first-order chi connectivity index (χ1) is 11.7. The number of hydrogen-bond acceptors (Lipinski definition) is 4. The lowest BCUT2D eigenvalue weighted by molar-refractivity contribution is -0.121. The lowest BCUT2D eigenvalue weighted by Crippen LogP contribution is -2.41. The molecule has 1 saturated heterocycles. The fraction of sp³-hybridized carbons (Fsp3) is 0.474. The number of hydrogen-bond donors (Lipinski definition) is 1. The number of pyridine rings is 1. The van der Waals surface area contributed by atoms with Gasteiger partial charge in [-0.05, 0) is 62.4 Å². The lowest BCUT2D eigenvalue weighted by Gasteiger charge is -2.38. The second-order valence-electron chi connectivity index (χ2n) is 6.47. The minimum atomic E-state index is 0.124. The molecule has 0 saturated carbocycles. The Bertz CT molecular complexity index is 629. The van der Waals surface area contributed by atoms with Gasteiger partial charge in [0.25, 0.3) is 0 Å². The first-order valence-corrected chi connectivity index (χ1v) is 9.52. The van der Waals surface area contributed by atoms with E-state index in [1.165, 1.54) is 17.7 Å². The van der Waals surface area contributed by atoms with Gasteiger partial charge in [-0.3, -0.25) is 14.7 Å². The average molecular weight is 343 g/mol. The van der Waals surface area contributed by atoms with Crippen molar-refractivity contribution in [2.24, 2.45) is 5.92 Å². The van der Waals surface area contributed by atoms with E-state index in [4.69, 9.17) is 0 Å². The Balaban J connectivity index is 1.51. The molecule has 3 heterocycles. The summed E-state index contributed by atoms with van der Waals surface area (Å²) in [5.74, 6) is 0.611. The Labute approximate surface area is 147 Å². The Morgan fingerprint density at radius 1 is 1.38 bits per heavy atom. The van der Waals surface area contributed by atoms with E-state index in [1.54, 1.807) is 6.20 Å². The van der Waals surface area contributed by atoms with E-state index in [-0.39, 0.29) is 5.91 Å². The van der Waals surface area contributed by atoms with Crippen molar-refractivity contribution >= 4 is 17.2 Å². The van der Waals surface area contributed by atoms with E-state index < -0.39 is 0 Å². The van der Waals surface area contributed by atoms with Gasteiger partial charge in [0.1, 0.15) is 0 Å². The molecule has 2 aromatic rings. The standard InChI is InChI=1S/C19H25N3OS/c1-22-12-4-6-15(19(22)17-8-5-13-24-17)14-21-18(23)10-9-16-7-2-3-11-20-16/h2-3,5,7-8,11,13,15,19H,4,6,9-10,12,14H2,1H3,(H,21,23). The fourth-order valence-electron chi connectivity index (χ4n) is 3.50. The molecule has 2 aromatic heterocycles. The maximum atomic E-state index is 12.2. The zero-order valence-corrected chi connectivity index (χ0v) is 15.0. The molecule has 1 fully saturated rings. The first kappa shape index (κ1) is 17.1. The van der Waals surface area contributed by atoms with Gasteiger partial charge in [0.2, 0.25) is 5.91 Å². The molecule has 0 radical (unpaired) electrons. The van der Waals surface area contributed by atoms with Gasteiger partial charge in [0, 0.05) is 35.8 Å². The van der Waals surface area contributed by atoms with Crippen molar-refractivity contribution in [3.63, 3.8) is 0 Å². The smallest absolute Gasteiger partial charge is 0.220 e. The highest BCUT2D eigenvalue weighted by atomic mass is 32.1. The minimum absolute atomic E-state index is 0.124. The molecule has 3 rings (SSSR count). The molecule has 2 atom stereocenters. The molecule has 0 aliphatic carbocycles. The van der Waals surface area contributed by atoms with Crippen LogP contribution in [0.5, 0.6) is 0 Å². The van der Waals surface area contributed by atoms with Gasteiger partial charge >= 0.3 is 0 Å². The second kappa shape index (κ2) is 8.40. The molecular weight excluding hydrogens is 318 g/mol. The average Bonchev–Trinajstić information content (AvgIpc) is 3.13. The van der Waals surface area contributed by atoms with Crippen LogP contribution in [0.3, 0.4) is 0 Å². The quantitative estimate of drug-likeness (QED) is 0.875. The summed E-state index contributed by atoms with van der Waals surface area (Å²) in [6.07, 6.45) is 5.35. The van der Waals surface area contributed by atoms with E-state index in [1.807, 2.05) is 29.5 Å². The summed E-state index contributed by atoms with van der Waals surface area (Å²) >= 11 is 1.82. The molecule has 0 aromatic carbocycles. The number of nitrogens with one attached hydrogen (secondary N) is 1. The van der Waals surface area contributed by atoms with Crippen molar-refractivity contribution in [1.29, 1.82) is 0 Å². The zero-order valence-electron chi connectivity index (χ0n) is 14.1. The summed E-state index contributed by atoms with van der Waals surface area (Å²) in [4.78, 5) is 20.3. The van der Waals surface area contributed by atoms with E-state index >= 15 is 0 Å². The number of amides is 1. The van der Waals surface area contributed by atoms with Crippen LogP contribution in [-0.2, 0) is 11.2 Å². The highest BCUT2D eigenvalue weighted by molar-refractivity contribution is 7.10. The number of carbonyl (C=O) groups is 1. The third-order valence-electron chi connectivity index (χ3n) is 4.74. The van der Waals surface area contributed by atoms with Gasteiger partial charge in [-0.25, -0.2) is 0 Å². The molecular formula is C19H25N3OS. The number of thiophene rings is 1. The Hall–Kier alpha value is -1.72. The van der Waals surface area contributed by atoms with E-state index in [9.17, 15) is 4.79 Å². The summed E-state index contributed by atoms with van der Waals surface area (Å²) in [7, 11) is 2.19. The van der Waals surface area contributed by atoms with Crippen LogP contribution in [0.15, 0.2) is 41.9 Å². The third-order valence-corrected chi connectivity index (χ3v) is 5.68.